The van der Waals surface area contributed by atoms with E-state index in [1.54, 1.807) is 6.20 Å². The van der Waals surface area contributed by atoms with E-state index < -0.39 is 5.97 Å². The predicted molar refractivity (Wildman–Crippen MR) is 155 cm³/mol. The molecule has 3 fully saturated rings. The molecule has 7 nitrogen and oxygen atoms in total. The largest absolute Gasteiger partial charge is 0.478 e. The van der Waals surface area contributed by atoms with Gasteiger partial charge in [-0.25, -0.2) is 4.79 Å². The number of halogens is 2. The Morgan fingerprint density at radius 3 is 2.52 bits per heavy atom. The van der Waals surface area contributed by atoms with Crippen LogP contribution in [0.25, 0.3) is 22.2 Å². The van der Waals surface area contributed by atoms with Crippen LogP contribution in [0.4, 0.5) is 5.69 Å². The van der Waals surface area contributed by atoms with Crippen molar-refractivity contribution < 1.29 is 19.2 Å². The number of carboxylic acids is 1. The Morgan fingerprint density at radius 2 is 1.85 bits per heavy atom. The van der Waals surface area contributed by atoms with Crippen molar-refractivity contribution >= 4 is 45.8 Å². The molecule has 7 rings (SSSR count). The number of aromatic carboxylic acids is 1. The Hall–Kier alpha value is -3.00. The number of hydrogen-bond acceptors (Lipinski definition) is 5. The van der Waals surface area contributed by atoms with Crippen LogP contribution in [-0.4, -0.2) is 40.5 Å². The van der Waals surface area contributed by atoms with Crippen LogP contribution in [0.3, 0.4) is 0 Å². The topological polar surface area (TPSA) is 80.7 Å². The second-order valence-corrected chi connectivity index (χ2v) is 12.5. The molecule has 3 heterocycles. The lowest BCUT2D eigenvalue weighted by molar-refractivity contribution is 0.0698. The van der Waals surface area contributed by atoms with E-state index in [0.717, 1.165) is 61.0 Å². The van der Waals surface area contributed by atoms with Crippen LogP contribution in [0, 0.1) is 17.8 Å². The number of fused-ring (bicyclic) bond motifs is 2. The van der Waals surface area contributed by atoms with Crippen molar-refractivity contribution in [2.45, 2.75) is 38.2 Å². The fourth-order valence-corrected chi connectivity index (χ4v) is 7.46. The van der Waals surface area contributed by atoms with Gasteiger partial charge in [-0.2, -0.15) is 0 Å². The predicted octanol–water partition coefficient (Wildman–Crippen LogP) is 7.39. The fraction of sp³-hybridized carbons (Fsp3) is 0.419. The first kappa shape index (κ1) is 25.9. The smallest absolute Gasteiger partial charge is 0.337 e. The molecule has 0 spiro atoms. The minimum absolute atomic E-state index is 0.350. The van der Waals surface area contributed by atoms with Gasteiger partial charge >= 0.3 is 5.97 Å². The van der Waals surface area contributed by atoms with Crippen molar-refractivity contribution in [1.82, 2.24) is 9.72 Å². The lowest BCUT2D eigenvalue weighted by Crippen LogP contribution is -2.22. The highest BCUT2D eigenvalue weighted by atomic mass is 35.5. The first-order chi connectivity index (χ1) is 19.4. The molecule has 3 aliphatic rings. The number of benzene rings is 2. The molecule has 4 aromatic rings. The Bertz CT molecular complexity index is 1570. The summed E-state index contributed by atoms with van der Waals surface area (Å²) in [5.41, 5.74) is 4.85. The highest BCUT2D eigenvalue weighted by Gasteiger charge is 2.41. The van der Waals surface area contributed by atoms with Crippen LogP contribution in [0.5, 0.6) is 0 Å². The highest BCUT2D eigenvalue weighted by Crippen LogP contribution is 2.47. The fourth-order valence-electron chi connectivity index (χ4n) is 6.89. The van der Waals surface area contributed by atoms with Gasteiger partial charge in [0.05, 0.1) is 27.7 Å². The molecule has 2 aliphatic carbocycles. The van der Waals surface area contributed by atoms with Crippen molar-refractivity contribution in [1.29, 1.82) is 0 Å². The van der Waals surface area contributed by atoms with Crippen LogP contribution in [0.15, 0.2) is 47.1 Å². The standard InChI is InChI=1S/C31H31Cl2N3O4/c1-35-14-23(31(37)38)22-8-7-21(11-27(22)35)36-12-19-9-17(10-20(19)13-36)15-39-16-24-29(34-40-30(24)18-5-6-18)28-25(32)3-2-4-26(28)33/h2-4,7-8,11,14,17-20H,5-6,9-10,12-13,15-16H2,1H3,(H,37,38). The van der Waals surface area contributed by atoms with E-state index in [1.807, 2.05) is 35.9 Å². The number of hydrogen-bond donors (Lipinski definition) is 1. The van der Waals surface area contributed by atoms with Gasteiger partial charge in [0.15, 0.2) is 0 Å². The monoisotopic (exact) mass is 579 g/mol. The zero-order chi connectivity index (χ0) is 27.5. The van der Waals surface area contributed by atoms with E-state index in [4.69, 9.17) is 32.5 Å². The summed E-state index contributed by atoms with van der Waals surface area (Å²) >= 11 is 13.0. The zero-order valence-electron chi connectivity index (χ0n) is 22.3. The maximum atomic E-state index is 11.6. The zero-order valence-corrected chi connectivity index (χ0v) is 23.8. The Kier molecular flexibility index (Phi) is 6.56. The summed E-state index contributed by atoms with van der Waals surface area (Å²) in [4.78, 5) is 14.0. The van der Waals surface area contributed by atoms with Gasteiger partial charge in [-0.1, -0.05) is 34.4 Å². The molecular formula is C31H31Cl2N3O4. The van der Waals surface area contributed by atoms with Crippen molar-refractivity contribution in [3.8, 4) is 11.3 Å². The van der Waals surface area contributed by atoms with Crippen molar-refractivity contribution in [3.05, 3.63) is 69.5 Å². The molecule has 9 heteroatoms. The van der Waals surface area contributed by atoms with Gasteiger partial charge in [0, 0.05) is 61.1 Å². The second kappa shape index (κ2) is 10.1. The quantitative estimate of drug-likeness (QED) is 0.234. The summed E-state index contributed by atoms with van der Waals surface area (Å²) in [5.74, 6) is 2.24. The van der Waals surface area contributed by atoms with Crippen molar-refractivity contribution in [2.75, 3.05) is 24.6 Å². The molecule has 0 bridgehead atoms. The van der Waals surface area contributed by atoms with Gasteiger partial charge < -0.3 is 23.8 Å². The Balaban J connectivity index is 0.994. The molecule has 208 valence electrons. The third-order valence-electron chi connectivity index (χ3n) is 8.98. The van der Waals surface area contributed by atoms with Crippen LogP contribution >= 0.6 is 23.2 Å². The van der Waals surface area contributed by atoms with Gasteiger partial charge in [0.25, 0.3) is 0 Å². The van der Waals surface area contributed by atoms with Crippen molar-refractivity contribution in [2.24, 2.45) is 24.8 Å². The number of nitrogens with zero attached hydrogens (tertiary/aromatic N) is 3. The van der Waals surface area contributed by atoms with E-state index in [0.29, 0.717) is 63.8 Å². The van der Waals surface area contributed by atoms with Gasteiger partial charge in [0.1, 0.15) is 11.5 Å². The average molecular weight is 581 g/mol. The normalized spacial score (nSPS) is 22.4. The van der Waals surface area contributed by atoms with Gasteiger partial charge in [0.2, 0.25) is 0 Å². The summed E-state index contributed by atoms with van der Waals surface area (Å²) in [6.07, 6.45) is 6.22. The van der Waals surface area contributed by atoms with Crippen LogP contribution in [0.2, 0.25) is 10.0 Å². The molecule has 40 heavy (non-hydrogen) atoms. The van der Waals surface area contributed by atoms with E-state index in [9.17, 15) is 9.90 Å². The van der Waals surface area contributed by atoms with Crippen LogP contribution in [-0.2, 0) is 18.4 Å². The van der Waals surface area contributed by atoms with E-state index >= 15 is 0 Å². The summed E-state index contributed by atoms with van der Waals surface area (Å²) in [5, 5.41) is 15.8. The van der Waals surface area contributed by atoms with Gasteiger partial charge in [-0.3, -0.25) is 0 Å². The third-order valence-corrected chi connectivity index (χ3v) is 9.61. The minimum Gasteiger partial charge on any atom is -0.478 e. The minimum atomic E-state index is -0.890. The third kappa shape index (κ3) is 4.58. The molecule has 0 amide bonds. The maximum absolute atomic E-state index is 11.6. The molecule has 2 aromatic carbocycles. The molecule has 2 atom stereocenters. The van der Waals surface area contributed by atoms with Crippen LogP contribution in [0.1, 0.15) is 53.3 Å². The summed E-state index contributed by atoms with van der Waals surface area (Å²) in [6, 6.07) is 11.6. The molecule has 2 saturated carbocycles. The molecular weight excluding hydrogens is 549 g/mol. The number of anilines is 1. The van der Waals surface area contributed by atoms with Gasteiger partial charge in [-0.05, 0) is 73.8 Å². The number of carbonyl (C=O) groups is 1. The molecule has 1 aliphatic heterocycles. The number of ether oxygens (including phenoxy) is 1. The summed E-state index contributed by atoms with van der Waals surface area (Å²) < 4.78 is 14.0. The summed E-state index contributed by atoms with van der Waals surface area (Å²) in [6.45, 7) is 3.20. The van der Waals surface area contributed by atoms with E-state index in [2.05, 4.69) is 22.2 Å². The molecule has 0 radical (unpaired) electrons. The number of aryl methyl sites for hydroxylation is 1. The van der Waals surface area contributed by atoms with E-state index in [-0.39, 0.29) is 0 Å². The highest BCUT2D eigenvalue weighted by molar-refractivity contribution is 6.39. The number of carboxylic acid groups (broad SMARTS) is 1. The lowest BCUT2D eigenvalue weighted by Gasteiger charge is -2.21. The average Bonchev–Trinajstić information content (AvgIpc) is 3.22. The molecule has 2 unspecified atom stereocenters. The lowest BCUT2D eigenvalue weighted by atomic mass is 10.0. The Labute approximate surface area is 242 Å². The first-order valence-corrected chi connectivity index (χ1v) is 14.7. The number of aromatic nitrogens is 2. The summed E-state index contributed by atoms with van der Waals surface area (Å²) in [7, 11) is 1.90. The first-order valence-electron chi connectivity index (χ1n) is 13.9. The van der Waals surface area contributed by atoms with E-state index in [1.165, 1.54) is 5.69 Å². The van der Waals surface area contributed by atoms with Gasteiger partial charge in [-0.15, -0.1) is 0 Å². The molecule has 2 aromatic heterocycles. The van der Waals surface area contributed by atoms with Crippen molar-refractivity contribution in [3.63, 3.8) is 0 Å². The Morgan fingerprint density at radius 1 is 1.12 bits per heavy atom. The maximum Gasteiger partial charge on any atom is 0.337 e. The molecule has 1 saturated heterocycles. The number of rotatable bonds is 8. The van der Waals surface area contributed by atoms with Crippen LogP contribution < -0.4 is 4.90 Å². The SMILES string of the molecule is Cn1cc(C(=O)O)c2ccc(N3CC4CC(COCc5c(-c6c(Cl)cccc6Cl)noc5C5CC5)CC4C3)cc21. The second-order valence-electron chi connectivity index (χ2n) is 11.7. The molecule has 1 N–H and O–H groups in total.